The van der Waals surface area contributed by atoms with Crippen molar-refractivity contribution in [2.45, 2.75) is 51.7 Å². The highest BCUT2D eigenvalue weighted by Gasteiger charge is 2.42. The van der Waals surface area contributed by atoms with Crippen LogP contribution in [-0.4, -0.2) is 35.9 Å². The molecule has 2 aromatic rings. The average molecular weight is 330 g/mol. The fourth-order valence-electron chi connectivity index (χ4n) is 3.86. The highest BCUT2D eigenvalue weighted by atomic mass is 16.5. The van der Waals surface area contributed by atoms with E-state index in [1.165, 1.54) is 22.2 Å². The predicted octanol–water partition coefficient (Wildman–Crippen LogP) is 3.34. The minimum atomic E-state index is -0.393. The number of benzene rings is 1. The first-order chi connectivity index (χ1) is 11.6. The Balaban J connectivity index is 1.96. The Morgan fingerprint density at radius 2 is 2.17 bits per heavy atom. The van der Waals surface area contributed by atoms with E-state index in [9.17, 15) is 5.11 Å². The standard InChI is InChI=1S/C20H30N2O2/c1-4-14(2)21-13-15(9-11-23)20(3)19-17(10-12-24-20)16-7-5-6-8-18(16)22-19/h5-8,14-15,21-23H,4,9-13H2,1-3H3. The summed E-state index contributed by atoms with van der Waals surface area (Å²) in [5.41, 5.74) is 3.36. The van der Waals surface area contributed by atoms with E-state index in [0.717, 1.165) is 32.4 Å². The second kappa shape index (κ2) is 7.26. The summed E-state index contributed by atoms with van der Waals surface area (Å²) in [4.78, 5) is 3.61. The van der Waals surface area contributed by atoms with Gasteiger partial charge in [-0.2, -0.15) is 0 Å². The van der Waals surface area contributed by atoms with Gasteiger partial charge in [-0.3, -0.25) is 0 Å². The Morgan fingerprint density at radius 3 is 2.92 bits per heavy atom. The van der Waals surface area contributed by atoms with Crippen LogP contribution in [0.4, 0.5) is 0 Å². The van der Waals surface area contributed by atoms with Crippen LogP contribution in [0.5, 0.6) is 0 Å². The molecule has 0 fully saturated rings. The van der Waals surface area contributed by atoms with Gasteiger partial charge in [-0.15, -0.1) is 0 Å². The van der Waals surface area contributed by atoms with Gasteiger partial charge in [-0.1, -0.05) is 25.1 Å². The Bertz CT molecular complexity index is 681. The van der Waals surface area contributed by atoms with Crippen LogP contribution in [0.25, 0.3) is 10.9 Å². The number of hydrogen-bond acceptors (Lipinski definition) is 3. The first-order valence-corrected chi connectivity index (χ1v) is 9.18. The van der Waals surface area contributed by atoms with Crippen LogP contribution in [-0.2, 0) is 16.8 Å². The van der Waals surface area contributed by atoms with E-state index in [1.54, 1.807) is 0 Å². The molecule has 0 spiro atoms. The lowest BCUT2D eigenvalue weighted by Gasteiger charge is -2.41. The number of fused-ring (bicyclic) bond motifs is 3. The highest BCUT2D eigenvalue weighted by Crippen LogP contribution is 2.42. The quantitative estimate of drug-likeness (QED) is 0.730. The third kappa shape index (κ3) is 3.10. The molecule has 2 heterocycles. The lowest BCUT2D eigenvalue weighted by Crippen LogP contribution is -2.46. The van der Waals surface area contributed by atoms with Gasteiger partial charge in [0.05, 0.1) is 12.3 Å². The summed E-state index contributed by atoms with van der Waals surface area (Å²) in [6, 6.07) is 8.96. The summed E-state index contributed by atoms with van der Waals surface area (Å²) < 4.78 is 6.32. The van der Waals surface area contributed by atoms with Gasteiger partial charge in [0.1, 0.15) is 5.60 Å². The molecule has 0 aliphatic carbocycles. The van der Waals surface area contributed by atoms with E-state index >= 15 is 0 Å². The Hall–Kier alpha value is -1.36. The number of hydrogen-bond donors (Lipinski definition) is 3. The van der Waals surface area contributed by atoms with Crippen LogP contribution in [0.3, 0.4) is 0 Å². The van der Waals surface area contributed by atoms with Gasteiger partial charge >= 0.3 is 0 Å². The lowest BCUT2D eigenvalue weighted by atomic mass is 9.80. The molecule has 0 saturated carbocycles. The molecular weight excluding hydrogens is 300 g/mol. The number of aromatic nitrogens is 1. The molecule has 0 saturated heterocycles. The van der Waals surface area contributed by atoms with E-state index < -0.39 is 5.60 Å². The van der Waals surface area contributed by atoms with Crippen LogP contribution in [0.15, 0.2) is 24.3 Å². The van der Waals surface area contributed by atoms with Gasteiger partial charge in [0.25, 0.3) is 0 Å². The summed E-state index contributed by atoms with van der Waals surface area (Å²) in [5, 5.41) is 14.5. The number of rotatable bonds is 7. The van der Waals surface area contributed by atoms with Crippen molar-refractivity contribution in [1.82, 2.24) is 10.3 Å². The van der Waals surface area contributed by atoms with Gasteiger partial charge in [-0.25, -0.2) is 0 Å². The first-order valence-electron chi connectivity index (χ1n) is 9.18. The van der Waals surface area contributed by atoms with Crippen molar-refractivity contribution in [3.05, 3.63) is 35.5 Å². The van der Waals surface area contributed by atoms with Gasteiger partial charge in [-0.05, 0) is 44.7 Å². The monoisotopic (exact) mass is 330 g/mol. The molecule has 4 nitrogen and oxygen atoms in total. The third-order valence-corrected chi connectivity index (χ3v) is 5.65. The minimum Gasteiger partial charge on any atom is -0.396 e. The van der Waals surface area contributed by atoms with Crippen LogP contribution < -0.4 is 5.32 Å². The summed E-state index contributed by atoms with van der Waals surface area (Å²) in [7, 11) is 0. The van der Waals surface area contributed by atoms with Gasteiger partial charge < -0.3 is 20.1 Å². The number of para-hydroxylation sites is 1. The zero-order valence-electron chi connectivity index (χ0n) is 15.1. The molecule has 132 valence electrons. The first kappa shape index (κ1) is 17.5. The van der Waals surface area contributed by atoms with Crippen molar-refractivity contribution < 1.29 is 9.84 Å². The number of aliphatic hydroxyl groups is 1. The van der Waals surface area contributed by atoms with Crippen molar-refractivity contribution in [3.8, 4) is 0 Å². The molecule has 3 atom stereocenters. The fraction of sp³-hybridized carbons (Fsp3) is 0.600. The van der Waals surface area contributed by atoms with Gasteiger partial charge in [0.15, 0.2) is 0 Å². The maximum absolute atomic E-state index is 9.60. The van der Waals surface area contributed by atoms with E-state index in [1.807, 2.05) is 0 Å². The lowest BCUT2D eigenvalue weighted by molar-refractivity contribution is -0.0960. The summed E-state index contributed by atoms with van der Waals surface area (Å²) in [6.07, 6.45) is 2.77. The molecule has 3 unspecified atom stereocenters. The van der Waals surface area contributed by atoms with Gasteiger partial charge in [0, 0.05) is 36.0 Å². The fourth-order valence-corrected chi connectivity index (χ4v) is 3.86. The zero-order chi connectivity index (χ0) is 17.2. The molecule has 1 aromatic heterocycles. The highest BCUT2D eigenvalue weighted by molar-refractivity contribution is 5.85. The third-order valence-electron chi connectivity index (χ3n) is 5.65. The number of aromatic amines is 1. The second-order valence-corrected chi connectivity index (χ2v) is 7.16. The number of ether oxygens (including phenoxy) is 1. The normalized spacial score (nSPS) is 23.2. The van der Waals surface area contributed by atoms with E-state index in [0.29, 0.717) is 6.04 Å². The topological polar surface area (TPSA) is 57.3 Å². The smallest absolute Gasteiger partial charge is 0.109 e. The molecule has 1 aliphatic rings. The van der Waals surface area contributed by atoms with Crippen molar-refractivity contribution in [2.24, 2.45) is 5.92 Å². The van der Waals surface area contributed by atoms with E-state index in [-0.39, 0.29) is 12.5 Å². The Labute approximate surface area is 144 Å². The molecule has 0 radical (unpaired) electrons. The molecule has 0 bridgehead atoms. The molecule has 4 heteroatoms. The SMILES string of the molecule is CCC(C)NCC(CCO)C1(C)OCCc2c1[nH]c1ccccc21. The van der Waals surface area contributed by atoms with Crippen LogP contribution >= 0.6 is 0 Å². The second-order valence-electron chi connectivity index (χ2n) is 7.16. The summed E-state index contributed by atoms with van der Waals surface area (Å²) in [5.74, 6) is 0.226. The number of H-pyrrole nitrogens is 1. The number of nitrogens with one attached hydrogen (secondary N) is 2. The average Bonchev–Trinajstić information content (AvgIpc) is 2.99. The van der Waals surface area contributed by atoms with Crippen molar-refractivity contribution >= 4 is 10.9 Å². The molecular formula is C20H30N2O2. The zero-order valence-corrected chi connectivity index (χ0v) is 15.1. The largest absolute Gasteiger partial charge is 0.396 e. The molecule has 0 amide bonds. The predicted molar refractivity (Wildman–Crippen MR) is 98.3 cm³/mol. The maximum atomic E-state index is 9.60. The molecule has 3 rings (SSSR count). The van der Waals surface area contributed by atoms with Crippen LogP contribution in [0, 0.1) is 5.92 Å². The minimum absolute atomic E-state index is 0.182. The molecule has 1 aliphatic heterocycles. The van der Waals surface area contributed by atoms with Crippen LogP contribution in [0.1, 0.15) is 44.9 Å². The molecule has 3 N–H and O–H groups in total. The van der Waals surface area contributed by atoms with Crippen molar-refractivity contribution in [3.63, 3.8) is 0 Å². The van der Waals surface area contributed by atoms with Gasteiger partial charge in [0.2, 0.25) is 0 Å². The van der Waals surface area contributed by atoms with Crippen LogP contribution in [0.2, 0.25) is 0 Å². The molecule has 1 aromatic carbocycles. The summed E-state index contributed by atoms with van der Waals surface area (Å²) >= 11 is 0. The maximum Gasteiger partial charge on any atom is 0.109 e. The summed E-state index contributed by atoms with van der Waals surface area (Å²) in [6.45, 7) is 8.33. The number of aliphatic hydroxyl groups excluding tert-OH is 1. The Morgan fingerprint density at radius 1 is 1.38 bits per heavy atom. The van der Waals surface area contributed by atoms with E-state index in [4.69, 9.17) is 4.74 Å². The Kier molecular flexibility index (Phi) is 5.28. The van der Waals surface area contributed by atoms with Crippen molar-refractivity contribution in [2.75, 3.05) is 19.8 Å². The van der Waals surface area contributed by atoms with Crippen molar-refractivity contribution in [1.29, 1.82) is 0 Å². The molecule has 24 heavy (non-hydrogen) atoms. The van der Waals surface area contributed by atoms with E-state index in [2.05, 4.69) is 55.3 Å².